The van der Waals surface area contributed by atoms with Crippen LogP contribution in [0.3, 0.4) is 0 Å². The maximum Gasteiger partial charge on any atom is 0.264 e. The van der Waals surface area contributed by atoms with E-state index in [1.54, 1.807) is 30.3 Å². The molecule has 0 aromatic heterocycles. The zero-order valence-electron chi connectivity index (χ0n) is 24.2. The number of amides is 2. The third-order valence-electron chi connectivity index (χ3n) is 6.76. The molecule has 7 nitrogen and oxygen atoms in total. The van der Waals surface area contributed by atoms with Crippen LogP contribution in [0.2, 0.25) is 0 Å². The number of unbranched alkanes of at least 4 members (excludes halogenated alkanes) is 1. The molecular formula is C32H41N3O4S. The summed E-state index contributed by atoms with van der Waals surface area (Å²) in [4.78, 5) is 29.0. The molecule has 0 spiro atoms. The van der Waals surface area contributed by atoms with Gasteiger partial charge in [0.25, 0.3) is 10.0 Å². The smallest absolute Gasteiger partial charge is 0.264 e. The Morgan fingerprint density at radius 3 is 2.12 bits per heavy atom. The summed E-state index contributed by atoms with van der Waals surface area (Å²) in [5, 5.41) is 2.96. The molecule has 8 heteroatoms. The van der Waals surface area contributed by atoms with Gasteiger partial charge in [-0.25, -0.2) is 8.42 Å². The fourth-order valence-electron chi connectivity index (χ4n) is 4.78. The average molecular weight is 564 g/mol. The summed E-state index contributed by atoms with van der Waals surface area (Å²) in [6.45, 7) is 9.94. The van der Waals surface area contributed by atoms with Crippen molar-refractivity contribution in [3.8, 4) is 0 Å². The molecule has 0 fully saturated rings. The van der Waals surface area contributed by atoms with Gasteiger partial charge in [0, 0.05) is 13.1 Å². The van der Waals surface area contributed by atoms with Gasteiger partial charge in [-0.15, -0.1) is 0 Å². The first-order chi connectivity index (χ1) is 19.1. The molecule has 0 aliphatic carbocycles. The zero-order chi connectivity index (χ0) is 29.3. The van der Waals surface area contributed by atoms with Crippen molar-refractivity contribution >= 4 is 27.5 Å². The third-order valence-corrected chi connectivity index (χ3v) is 8.54. The highest BCUT2D eigenvalue weighted by Crippen LogP contribution is 2.27. The second-order valence-electron chi connectivity index (χ2n) is 10.2. The van der Waals surface area contributed by atoms with E-state index in [4.69, 9.17) is 0 Å². The van der Waals surface area contributed by atoms with Gasteiger partial charge in [-0.2, -0.15) is 0 Å². The standard InChI is InChI=1S/C32H41N3O4S/c1-6-8-17-33-32(37)30(7-2)34(22-27-14-12-13-24(3)19-27)31(36)23-35(28-20-25(4)18-26(5)21-28)40(38,39)29-15-10-9-11-16-29/h9-16,18-21,30H,6-8,17,22-23H2,1-5H3,(H,33,37)/t30-/m0/s1. The molecule has 0 heterocycles. The summed E-state index contributed by atoms with van der Waals surface area (Å²) >= 11 is 0. The van der Waals surface area contributed by atoms with Crippen LogP contribution >= 0.6 is 0 Å². The van der Waals surface area contributed by atoms with Crippen molar-refractivity contribution in [1.29, 1.82) is 0 Å². The summed E-state index contributed by atoms with van der Waals surface area (Å²) < 4.78 is 29.0. The first-order valence-corrected chi connectivity index (χ1v) is 15.3. The molecule has 0 bridgehead atoms. The fourth-order valence-corrected chi connectivity index (χ4v) is 6.19. The molecule has 0 saturated heterocycles. The van der Waals surface area contributed by atoms with Crippen LogP contribution in [0.5, 0.6) is 0 Å². The summed E-state index contributed by atoms with van der Waals surface area (Å²) in [6, 6.07) is 20.6. The number of hydrogen-bond acceptors (Lipinski definition) is 4. The summed E-state index contributed by atoms with van der Waals surface area (Å²) in [5.41, 5.74) is 4.08. The molecule has 1 N–H and O–H groups in total. The highest BCUT2D eigenvalue weighted by Gasteiger charge is 2.33. The average Bonchev–Trinajstić information content (AvgIpc) is 2.91. The van der Waals surface area contributed by atoms with Crippen molar-refractivity contribution in [3.05, 3.63) is 95.1 Å². The SMILES string of the molecule is CCCCNC(=O)[C@H](CC)N(Cc1cccc(C)c1)C(=O)CN(c1cc(C)cc(C)c1)S(=O)(=O)c1ccccc1. The lowest BCUT2D eigenvalue weighted by Crippen LogP contribution is -2.52. The lowest BCUT2D eigenvalue weighted by molar-refractivity contribution is -0.140. The molecule has 0 unspecified atom stereocenters. The van der Waals surface area contributed by atoms with Gasteiger partial charge in [-0.1, -0.05) is 74.4 Å². The van der Waals surface area contributed by atoms with Crippen molar-refractivity contribution in [2.24, 2.45) is 0 Å². The van der Waals surface area contributed by atoms with Gasteiger partial charge in [0.2, 0.25) is 11.8 Å². The zero-order valence-corrected chi connectivity index (χ0v) is 25.0. The molecule has 0 aliphatic rings. The predicted molar refractivity (Wildman–Crippen MR) is 161 cm³/mol. The highest BCUT2D eigenvalue weighted by atomic mass is 32.2. The molecule has 40 heavy (non-hydrogen) atoms. The number of nitrogens with one attached hydrogen (secondary N) is 1. The molecule has 0 saturated carbocycles. The van der Waals surface area contributed by atoms with Gasteiger partial charge in [0.1, 0.15) is 12.6 Å². The van der Waals surface area contributed by atoms with E-state index in [9.17, 15) is 18.0 Å². The Balaban J connectivity index is 2.06. The molecule has 3 rings (SSSR count). The van der Waals surface area contributed by atoms with Crippen LogP contribution in [0.1, 0.15) is 55.4 Å². The highest BCUT2D eigenvalue weighted by molar-refractivity contribution is 7.92. The number of anilines is 1. The van der Waals surface area contributed by atoms with Crippen molar-refractivity contribution in [2.45, 2.75) is 71.4 Å². The second kappa shape index (κ2) is 14.1. The van der Waals surface area contributed by atoms with Crippen LogP contribution in [0.4, 0.5) is 5.69 Å². The van der Waals surface area contributed by atoms with Crippen LogP contribution in [0.25, 0.3) is 0 Å². The Kier molecular flexibility index (Phi) is 10.9. The van der Waals surface area contributed by atoms with E-state index in [0.29, 0.717) is 18.7 Å². The van der Waals surface area contributed by atoms with E-state index in [2.05, 4.69) is 5.32 Å². The van der Waals surface area contributed by atoms with Gasteiger partial charge < -0.3 is 10.2 Å². The van der Waals surface area contributed by atoms with Gasteiger partial charge in [0.05, 0.1) is 10.6 Å². The summed E-state index contributed by atoms with van der Waals surface area (Å²) in [7, 11) is -4.08. The molecule has 1 atom stereocenters. The third kappa shape index (κ3) is 7.94. The molecule has 0 aliphatic heterocycles. The van der Waals surface area contributed by atoms with Crippen LogP contribution in [0.15, 0.2) is 77.7 Å². The Morgan fingerprint density at radius 2 is 1.52 bits per heavy atom. The van der Waals surface area contributed by atoms with Gasteiger partial charge in [-0.3, -0.25) is 13.9 Å². The van der Waals surface area contributed by atoms with Crippen LogP contribution in [-0.2, 0) is 26.2 Å². The maximum absolute atomic E-state index is 14.1. The number of rotatable bonds is 13. The Labute approximate surface area is 239 Å². The molecule has 3 aromatic rings. The Hall–Kier alpha value is -3.65. The van der Waals surface area contributed by atoms with E-state index in [-0.39, 0.29) is 17.3 Å². The predicted octanol–water partition coefficient (Wildman–Crippen LogP) is 5.53. The van der Waals surface area contributed by atoms with Gasteiger partial charge in [0.15, 0.2) is 0 Å². The lowest BCUT2D eigenvalue weighted by Gasteiger charge is -2.33. The minimum absolute atomic E-state index is 0.0940. The summed E-state index contributed by atoms with van der Waals surface area (Å²) in [5.74, 6) is -0.682. The van der Waals surface area contributed by atoms with Crippen LogP contribution in [0, 0.1) is 20.8 Å². The lowest BCUT2D eigenvalue weighted by atomic mass is 10.1. The molecule has 0 radical (unpaired) electrons. The molecular weight excluding hydrogens is 522 g/mol. The minimum atomic E-state index is -4.08. The van der Waals surface area contributed by atoms with Crippen molar-refractivity contribution < 1.29 is 18.0 Å². The number of sulfonamides is 1. The minimum Gasteiger partial charge on any atom is -0.354 e. The Bertz CT molecular complexity index is 1390. The van der Waals surface area contributed by atoms with Crippen LogP contribution in [-0.4, -0.2) is 44.3 Å². The van der Waals surface area contributed by atoms with Gasteiger partial charge >= 0.3 is 0 Å². The normalized spacial score (nSPS) is 12.0. The van der Waals surface area contributed by atoms with E-state index in [0.717, 1.165) is 39.4 Å². The van der Waals surface area contributed by atoms with Crippen molar-refractivity contribution in [2.75, 3.05) is 17.4 Å². The van der Waals surface area contributed by atoms with Crippen molar-refractivity contribution in [3.63, 3.8) is 0 Å². The van der Waals surface area contributed by atoms with Crippen LogP contribution < -0.4 is 9.62 Å². The monoisotopic (exact) mass is 563 g/mol. The first-order valence-electron chi connectivity index (χ1n) is 13.9. The Morgan fingerprint density at radius 1 is 0.850 bits per heavy atom. The topological polar surface area (TPSA) is 86.8 Å². The largest absolute Gasteiger partial charge is 0.354 e. The van der Waals surface area contributed by atoms with E-state index >= 15 is 0 Å². The summed E-state index contributed by atoms with van der Waals surface area (Å²) in [6.07, 6.45) is 2.17. The number of aryl methyl sites for hydroxylation is 3. The van der Waals surface area contributed by atoms with Crippen molar-refractivity contribution in [1.82, 2.24) is 10.2 Å². The number of hydrogen-bond donors (Lipinski definition) is 1. The number of nitrogens with zero attached hydrogens (tertiary/aromatic N) is 2. The molecule has 3 aromatic carbocycles. The quantitative estimate of drug-likeness (QED) is 0.277. The fraction of sp³-hybridized carbons (Fsp3) is 0.375. The van der Waals surface area contributed by atoms with E-state index in [1.165, 1.54) is 17.0 Å². The number of carbonyl (C=O) groups excluding carboxylic acids is 2. The van der Waals surface area contributed by atoms with E-state index < -0.39 is 28.5 Å². The van der Waals surface area contributed by atoms with E-state index in [1.807, 2.05) is 65.0 Å². The number of benzene rings is 3. The second-order valence-corrected chi connectivity index (χ2v) is 12.1. The molecule has 214 valence electrons. The number of carbonyl (C=O) groups is 2. The molecule has 2 amide bonds. The first kappa shape index (κ1) is 30.9. The maximum atomic E-state index is 14.1. The van der Waals surface area contributed by atoms with Gasteiger partial charge in [-0.05, 0) is 74.6 Å².